The molecule has 2 N–H and O–H groups in total. The molecule has 0 aromatic heterocycles. The SMILES string of the molecule is CCN(CCCCN)C(=O)/C=C/c1ccc(C)cc1. The van der Waals surface area contributed by atoms with Gasteiger partial charge in [-0.1, -0.05) is 29.8 Å². The van der Waals surface area contributed by atoms with E-state index in [1.165, 1.54) is 5.56 Å². The molecular formula is C16H24N2O. The average molecular weight is 260 g/mol. The number of aryl methyl sites for hydroxylation is 1. The van der Waals surface area contributed by atoms with Crippen LogP contribution >= 0.6 is 0 Å². The highest BCUT2D eigenvalue weighted by molar-refractivity contribution is 5.91. The van der Waals surface area contributed by atoms with Gasteiger partial charge in [0.1, 0.15) is 0 Å². The molecule has 1 aromatic rings. The molecule has 104 valence electrons. The quantitative estimate of drug-likeness (QED) is 0.605. The first kappa shape index (κ1) is 15.4. The Kier molecular flexibility index (Phi) is 6.90. The van der Waals surface area contributed by atoms with Crippen LogP contribution in [0.1, 0.15) is 30.9 Å². The maximum absolute atomic E-state index is 12.0. The summed E-state index contributed by atoms with van der Waals surface area (Å²) in [7, 11) is 0. The first-order valence-electron chi connectivity index (χ1n) is 6.91. The summed E-state index contributed by atoms with van der Waals surface area (Å²) < 4.78 is 0. The number of likely N-dealkylation sites (N-methyl/N-ethyl adjacent to an activating group) is 1. The summed E-state index contributed by atoms with van der Waals surface area (Å²) in [4.78, 5) is 13.9. The molecule has 0 fully saturated rings. The number of hydrogen-bond donors (Lipinski definition) is 1. The van der Waals surface area contributed by atoms with E-state index in [1.807, 2.05) is 42.2 Å². The molecule has 1 amide bonds. The maximum Gasteiger partial charge on any atom is 0.246 e. The molecule has 0 aliphatic carbocycles. The van der Waals surface area contributed by atoms with Gasteiger partial charge < -0.3 is 10.6 Å². The van der Waals surface area contributed by atoms with E-state index >= 15 is 0 Å². The van der Waals surface area contributed by atoms with E-state index in [2.05, 4.69) is 6.92 Å². The van der Waals surface area contributed by atoms with Crippen molar-refractivity contribution in [1.29, 1.82) is 0 Å². The van der Waals surface area contributed by atoms with Gasteiger partial charge in [-0.05, 0) is 44.9 Å². The van der Waals surface area contributed by atoms with Gasteiger partial charge in [-0.3, -0.25) is 4.79 Å². The molecule has 3 nitrogen and oxygen atoms in total. The van der Waals surface area contributed by atoms with Gasteiger partial charge in [0.2, 0.25) is 5.91 Å². The smallest absolute Gasteiger partial charge is 0.246 e. The Morgan fingerprint density at radius 1 is 1.26 bits per heavy atom. The maximum atomic E-state index is 12.0. The molecule has 0 saturated carbocycles. The second-order valence-corrected chi connectivity index (χ2v) is 4.66. The number of amides is 1. The number of hydrogen-bond acceptors (Lipinski definition) is 2. The van der Waals surface area contributed by atoms with Crippen LogP contribution in [0.2, 0.25) is 0 Å². The van der Waals surface area contributed by atoms with Crippen molar-refractivity contribution in [3.63, 3.8) is 0 Å². The molecule has 0 aliphatic heterocycles. The average Bonchev–Trinajstić information content (AvgIpc) is 2.43. The van der Waals surface area contributed by atoms with Crippen molar-refractivity contribution < 1.29 is 4.79 Å². The molecule has 0 aliphatic rings. The van der Waals surface area contributed by atoms with E-state index in [0.29, 0.717) is 6.54 Å². The number of nitrogens with zero attached hydrogens (tertiary/aromatic N) is 1. The minimum absolute atomic E-state index is 0.0695. The summed E-state index contributed by atoms with van der Waals surface area (Å²) in [5, 5.41) is 0. The summed E-state index contributed by atoms with van der Waals surface area (Å²) in [6.07, 6.45) is 5.45. The van der Waals surface area contributed by atoms with Crippen LogP contribution in [-0.4, -0.2) is 30.4 Å². The second-order valence-electron chi connectivity index (χ2n) is 4.66. The van der Waals surface area contributed by atoms with Gasteiger partial charge in [-0.2, -0.15) is 0 Å². The summed E-state index contributed by atoms with van der Waals surface area (Å²) in [6.45, 7) is 6.26. The highest BCUT2D eigenvalue weighted by Crippen LogP contribution is 2.06. The number of carbonyl (C=O) groups excluding carboxylic acids is 1. The molecule has 1 rings (SSSR count). The number of unbranched alkanes of at least 4 members (excludes halogenated alkanes) is 1. The molecule has 0 saturated heterocycles. The van der Waals surface area contributed by atoms with Gasteiger partial charge in [-0.15, -0.1) is 0 Å². The highest BCUT2D eigenvalue weighted by atomic mass is 16.2. The van der Waals surface area contributed by atoms with Gasteiger partial charge in [0.25, 0.3) is 0 Å². The Hall–Kier alpha value is -1.61. The van der Waals surface area contributed by atoms with Gasteiger partial charge in [0, 0.05) is 19.2 Å². The Labute approximate surface area is 116 Å². The summed E-state index contributed by atoms with van der Waals surface area (Å²) in [6, 6.07) is 8.12. The number of nitrogens with two attached hydrogens (primary N) is 1. The molecular weight excluding hydrogens is 236 g/mol. The predicted octanol–water partition coefficient (Wildman–Crippen LogP) is 2.60. The Morgan fingerprint density at radius 2 is 1.95 bits per heavy atom. The van der Waals surface area contributed by atoms with Gasteiger partial charge >= 0.3 is 0 Å². The van der Waals surface area contributed by atoms with Gasteiger partial charge in [0.05, 0.1) is 0 Å². The van der Waals surface area contributed by atoms with Crippen LogP contribution in [0.3, 0.4) is 0 Å². The van der Waals surface area contributed by atoms with E-state index in [0.717, 1.165) is 31.5 Å². The second kappa shape index (κ2) is 8.48. The monoisotopic (exact) mass is 260 g/mol. The predicted molar refractivity (Wildman–Crippen MR) is 80.8 cm³/mol. The fourth-order valence-electron chi connectivity index (χ4n) is 1.82. The van der Waals surface area contributed by atoms with Crippen molar-refractivity contribution in [3.05, 3.63) is 41.5 Å². The first-order valence-corrected chi connectivity index (χ1v) is 6.91. The Bertz CT molecular complexity index is 409. The minimum atomic E-state index is 0.0695. The topological polar surface area (TPSA) is 46.3 Å². The van der Waals surface area contributed by atoms with Crippen molar-refractivity contribution in [2.45, 2.75) is 26.7 Å². The molecule has 0 unspecified atom stereocenters. The van der Waals surface area contributed by atoms with Crippen LogP contribution in [0.25, 0.3) is 6.08 Å². The molecule has 1 aromatic carbocycles. The molecule has 19 heavy (non-hydrogen) atoms. The lowest BCUT2D eigenvalue weighted by atomic mass is 10.1. The summed E-state index contributed by atoms with van der Waals surface area (Å²) >= 11 is 0. The first-order chi connectivity index (χ1) is 9.17. The third-order valence-electron chi connectivity index (χ3n) is 3.07. The Morgan fingerprint density at radius 3 is 2.53 bits per heavy atom. The number of rotatable bonds is 7. The zero-order valence-electron chi connectivity index (χ0n) is 11.9. The molecule has 3 heteroatoms. The summed E-state index contributed by atoms with van der Waals surface area (Å²) in [5.41, 5.74) is 7.74. The van der Waals surface area contributed by atoms with Crippen molar-refractivity contribution >= 4 is 12.0 Å². The van der Waals surface area contributed by atoms with Crippen LogP contribution in [-0.2, 0) is 4.79 Å². The van der Waals surface area contributed by atoms with Crippen molar-refractivity contribution in [3.8, 4) is 0 Å². The zero-order chi connectivity index (χ0) is 14.1. The Balaban J connectivity index is 2.53. The van der Waals surface area contributed by atoms with Crippen molar-refractivity contribution in [2.24, 2.45) is 5.73 Å². The third kappa shape index (κ3) is 5.71. The number of carbonyl (C=O) groups is 1. The van der Waals surface area contributed by atoms with Crippen LogP contribution < -0.4 is 5.73 Å². The molecule has 0 heterocycles. The van der Waals surface area contributed by atoms with E-state index in [-0.39, 0.29) is 5.91 Å². The minimum Gasteiger partial charge on any atom is -0.339 e. The van der Waals surface area contributed by atoms with Crippen LogP contribution in [0.15, 0.2) is 30.3 Å². The molecule has 0 atom stereocenters. The van der Waals surface area contributed by atoms with E-state index < -0.39 is 0 Å². The van der Waals surface area contributed by atoms with Crippen molar-refractivity contribution in [2.75, 3.05) is 19.6 Å². The third-order valence-corrected chi connectivity index (χ3v) is 3.07. The lowest BCUT2D eigenvalue weighted by Crippen LogP contribution is -2.30. The lowest BCUT2D eigenvalue weighted by molar-refractivity contribution is -0.125. The van der Waals surface area contributed by atoms with Crippen LogP contribution in [0, 0.1) is 6.92 Å². The zero-order valence-corrected chi connectivity index (χ0v) is 11.9. The van der Waals surface area contributed by atoms with Crippen molar-refractivity contribution in [1.82, 2.24) is 4.90 Å². The standard InChI is InChI=1S/C16H24N2O/c1-3-18(13-5-4-12-17)16(19)11-10-15-8-6-14(2)7-9-15/h6-11H,3-5,12-13,17H2,1-2H3/b11-10+. The van der Waals surface area contributed by atoms with E-state index in [9.17, 15) is 4.79 Å². The normalized spacial score (nSPS) is 10.9. The van der Waals surface area contributed by atoms with E-state index in [1.54, 1.807) is 6.08 Å². The molecule has 0 spiro atoms. The number of benzene rings is 1. The van der Waals surface area contributed by atoms with Gasteiger partial charge in [-0.25, -0.2) is 0 Å². The van der Waals surface area contributed by atoms with Crippen LogP contribution in [0.5, 0.6) is 0 Å². The van der Waals surface area contributed by atoms with Gasteiger partial charge in [0.15, 0.2) is 0 Å². The largest absolute Gasteiger partial charge is 0.339 e. The lowest BCUT2D eigenvalue weighted by Gasteiger charge is -2.18. The fraction of sp³-hybridized carbons (Fsp3) is 0.438. The molecule has 0 bridgehead atoms. The molecule has 0 radical (unpaired) electrons. The highest BCUT2D eigenvalue weighted by Gasteiger charge is 2.06. The summed E-state index contributed by atoms with van der Waals surface area (Å²) in [5.74, 6) is 0.0695. The van der Waals surface area contributed by atoms with E-state index in [4.69, 9.17) is 5.73 Å². The fourth-order valence-corrected chi connectivity index (χ4v) is 1.82. The van der Waals surface area contributed by atoms with Crippen LogP contribution in [0.4, 0.5) is 0 Å².